The van der Waals surface area contributed by atoms with Crippen molar-refractivity contribution in [3.8, 4) is 5.75 Å². The molecule has 0 amide bonds. The summed E-state index contributed by atoms with van der Waals surface area (Å²) in [5.74, 6) is 0.776. The Morgan fingerprint density at radius 1 is 1.50 bits per heavy atom. The molecule has 1 heterocycles. The summed E-state index contributed by atoms with van der Waals surface area (Å²) >= 11 is 0. The fraction of sp³-hybridized carbons (Fsp3) is 0.364. The van der Waals surface area contributed by atoms with Crippen LogP contribution in [-0.2, 0) is 16.4 Å². The van der Waals surface area contributed by atoms with E-state index < -0.39 is 10.0 Å². The fourth-order valence-corrected chi connectivity index (χ4v) is 2.56. The Bertz CT molecular complexity index is 520. The highest BCUT2D eigenvalue weighted by molar-refractivity contribution is 7.90. The van der Waals surface area contributed by atoms with Crippen molar-refractivity contribution < 1.29 is 13.2 Å². The van der Waals surface area contributed by atoms with Crippen LogP contribution in [0.2, 0.25) is 0 Å². The van der Waals surface area contributed by atoms with Gasteiger partial charge in [0, 0.05) is 12.6 Å². The van der Waals surface area contributed by atoms with E-state index in [2.05, 4.69) is 4.40 Å². The standard InChI is InChI=1S/C11H13NO3S/c1-2-6-12-16(13,14)10-3-4-11-9(8-10)5-7-15-11/h3-4,6,8H,2,5,7H2,1H3/b12-6+. The van der Waals surface area contributed by atoms with Crippen LogP contribution < -0.4 is 4.74 Å². The van der Waals surface area contributed by atoms with Gasteiger partial charge in [-0.2, -0.15) is 12.8 Å². The van der Waals surface area contributed by atoms with Gasteiger partial charge in [-0.25, -0.2) is 0 Å². The molecule has 0 aromatic heterocycles. The Balaban J connectivity index is 2.38. The van der Waals surface area contributed by atoms with Gasteiger partial charge >= 0.3 is 0 Å². The minimum Gasteiger partial charge on any atom is -0.493 e. The summed E-state index contributed by atoms with van der Waals surface area (Å²) in [6, 6.07) is 4.87. The van der Waals surface area contributed by atoms with E-state index in [1.54, 1.807) is 12.1 Å². The zero-order valence-corrected chi connectivity index (χ0v) is 9.83. The number of hydrogen-bond acceptors (Lipinski definition) is 3. The molecule has 1 aliphatic heterocycles. The van der Waals surface area contributed by atoms with Gasteiger partial charge < -0.3 is 4.74 Å². The quantitative estimate of drug-likeness (QED) is 0.756. The predicted octanol–water partition coefficient (Wildman–Crippen LogP) is 1.79. The van der Waals surface area contributed by atoms with Gasteiger partial charge in [0.05, 0.1) is 11.5 Å². The molecular formula is C11H13NO3S. The lowest BCUT2D eigenvalue weighted by Gasteiger charge is -2.01. The summed E-state index contributed by atoms with van der Waals surface area (Å²) in [4.78, 5) is 0.237. The Hall–Kier alpha value is -1.36. The van der Waals surface area contributed by atoms with Crippen LogP contribution in [0.15, 0.2) is 27.5 Å². The molecule has 0 fully saturated rings. The molecule has 2 rings (SSSR count). The van der Waals surface area contributed by atoms with Crippen LogP contribution in [0.25, 0.3) is 0 Å². The number of hydrogen-bond donors (Lipinski definition) is 0. The summed E-state index contributed by atoms with van der Waals surface area (Å²) in [6.45, 7) is 2.46. The molecule has 0 atom stereocenters. The van der Waals surface area contributed by atoms with E-state index in [0.29, 0.717) is 13.0 Å². The Morgan fingerprint density at radius 3 is 3.06 bits per heavy atom. The van der Waals surface area contributed by atoms with Crippen molar-refractivity contribution in [1.29, 1.82) is 0 Å². The molecule has 0 aliphatic carbocycles. The van der Waals surface area contributed by atoms with E-state index in [0.717, 1.165) is 17.7 Å². The second-order valence-corrected chi connectivity index (χ2v) is 5.17. The minimum atomic E-state index is -3.53. The fourth-order valence-electron chi connectivity index (χ4n) is 1.56. The molecule has 0 saturated carbocycles. The third-order valence-electron chi connectivity index (χ3n) is 2.35. The maximum atomic E-state index is 11.8. The van der Waals surface area contributed by atoms with Crippen molar-refractivity contribution in [2.45, 2.75) is 24.7 Å². The van der Waals surface area contributed by atoms with Gasteiger partial charge in [-0.3, -0.25) is 0 Å². The Kier molecular flexibility index (Phi) is 2.96. The first-order valence-electron chi connectivity index (χ1n) is 5.18. The van der Waals surface area contributed by atoms with Gasteiger partial charge in [-0.05, 0) is 30.2 Å². The van der Waals surface area contributed by atoms with Crippen LogP contribution in [0.3, 0.4) is 0 Å². The molecule has 1 aromatic carbocycles. The Morgan fingerprint density at radius 2 is 2.31 bits per heavy atom. The highest BCUT2D eigenvalue weighted by Gasteiger charge is 2.17. The molecule has 86 valence electrons. The highest BCUT2D eigenvalue weighted by Crippen LogP contribution is 2.28. The molecule has 5 heteroatoms. The molecule has 0 saturated heterocycles. The first-order chi connectivity index (χ1) is 7.63. The van der Waals surface area contributed by atoms with E-state index in [1.807, 2.05) is 6.92 Å². The molecule has 1 aliphatic rings. The third kappa shape index (κ3) is 2.09. The van der Waals surface area contributed by atoms with Crippen LogP contribution in [-0.4, -0.2) is 21.2 Å². The van der Waals surface area contributed by atoms with Crippen molar-refractivity contribution in [2.75, 3.05) is 6.61 Å². The molecule has 16 heavy (non-hydrogen) atoms. The molecule has 0 radical (unpaired) electrons. The van der Waals surface area contributed by atoms with Crippen molar-refractivity contribution in [3.63, 3.8) is 0 Å². The summed E-state index contributed by atoms with van der Waals surface area (Å²) in [5.41, 5.74) is 0.938. The first kappa shape index (κ1) is 11.1. The highest BCUT2D eigenvalue weighted by atomic mass is 32.2. The lowest BCUT2D eigenvalue weighted by atomic mass is 10.2. The van der Waals surface area contributed by atoms with Gasteiger partial charge in [0.1, 0.15) is 5.75 Å². The number of fused-ring (bicyclic) bond motifs is 1. The normalized spacial score (nSPS) is 15.1. The summed E-state index contributed by atoms with van der Waals surface area (Å²) in [6.07, 6.45) is 2.77. The van der Waals surface area contributed by atoms with E-state index in [4.69, 9.17) is 4.74 Å². The largest absolute Gasteiger partial charge is 0.493 e. The lowest BCUT2D eigenvalue weighted by molar-refractivity contribution is 0.356. The number of sulfonamides is 1. The number of rotatable bonds is 3. The maximum absolute atomic E-state index is 11.8. The lowest BCUT2D eigenvalue weighted by Crippen LogP contribution is -1.97. The van der Waals surface area contributed by atoms with E-state index >= 15 is 0 Å². The van der Waals surface area contributed by atoms with E-state index in [-0.39, 0.29) is 4.90 Å². The number of benzene rings is 1. The predicted molar refractivity (Wildman–Crippen MR) is 61.6 cm³/mol. The van der Waals surface area contributed by atoms with Crippen LogP contribution >= 0.6 is 0 Å². The Labute approximate surface area is 95.0 Å². The second kappa shape index (κ2) is 4.25. The average molecular weight is 239 g/mol. The van der Waals surface area contributed by atoms with Crippen LogP contribution in [0, 0.1) is 0 Å². The van der Waals surface area contributed by atoms with Gasteiger partial charge in [-0.1, -0.05) is 6.92 Å². The van der Waals surface area contributed by atoms with Gasteiger partial charge in [0.2, 0.25) is 0 Å². The topological polar surface area (TPSA) is 55.7 Å². The molecule has 1 aromatic rings. The monoisotopic (exact) mass is 239 g/mol. The molecular weight excluding hydrogens is 226 g/mol. The molecule has 0 unspecified atom stereocenters. The van der Waals surface area contributed by atoms with Gasteiger partial charge in [-0.15, -0.1) is 0 Å². The molecule has 0 N–H and O–H groups in total. The zero-order chi connectivity index (χ0) is 11.6. The summed E-state index contributed by atoms with van der Waals surface area (Å²) in [7, 11) is -3.53. The molecule has 0 spiro atoms. The maximum Gasteiger partial charge on any atom is 0.281 e. The third-order valence-corrected chi connectivity index (χ3v) is 3.63. The van der Waals surface area contributed by atoms with Crippen molar-refractivity contribution in [2.24, 2.45) is 4.40 Å². The average Bonchev–Trinajstić information content (AvgIpc) is 2.73. The number of nitrogens with zero attached hydrogens (tertiary/aromatic N) is 1. The van der Waals surface area contributed by atoms with Crippen LogP contribution in [0.5, 0.6) is 5.75 Å². The second-order valence-electron chi connectivity index (χ2n) is 3.54. The molecule has 4 nitrogen and oxygen atoms in total. The zero-order valence-electron chi connectivity index (χ0n) is 9.01. The molecule has 0 bridgehead atoms. The SMILES string of the molecule is CC/C=N/S(=O)(=O)c1ccc2c(c1)CCO2. The van der Waals surface area contributed by atoms with Gasteiger partial charge in [0.25, 0.3) is 10.0 Å². The summed E-state index contributed by atoms with van der Waals surface area (Å²) < 4.78 is 32.4. The van der Waals surface area contributed by atoms with Crippen LogP contribution in [0.1, 0.15) is 18.9 Å². The van der Waals surface area contributed by atoms with Gasteiger partial charge in [0.15, 0.2) is 0 Å². The summed E-state index contributed by atoms with van der Waals surface area (Å²) in [5, 5.41) is 0. The van der Waals surface area contributed by atoms with Crippen molar-refractivity contribution in [1.82, 2.24) is 0 Å². The van der Waals surface area contributed by atoms with Crippen molar-refractivity contribution in [3.05, 3.63) is 23.8 Å². The number of ether oxygens (including phenoxy) is 1. The first-order valence-corrected chi connectivity index (χ1v) is 6.62. The minimum absolute atomic E-state index is 0.237. The van der Waals surface area contributed by atoms with Crippen LogP contribution in [0.4, 0.5) is 0 Å². The van der Waals surface area contributed by atoms with E-state index in [1.165, 1.54) is 12.3 Å². The van der Waals surface area contributed by atoms with Crippen molar-refractivity contribution >= 4 is 16.2 Å². The van der Waals surface area contributed by atoms with E-state index in [9.17, 15) is 8.42 Å². The smallest absolute Gasteiger partial charge is 0.281 e.